The molecule has 0 radical (unpaired) electrons. The van der Waals surface area contributed by atoms with Crippen LogP contribution in [0.15, 0.2) is 21.7 Å². The Balaban J connectivity index is 2.60. The van der Waals surface area contributed by atoms with Crippen LogP contribution in [0.25, 0.3) is 0 Å². The van der Waals surface area contributed by atoms with Crippen LogP contribution >= 0.6 is 11.3 Å². The maximum atomic E-state index is 12.0. The highest BCUT2D eigenvalue weighted by Crippen LogP contribution is 2.15. The van der Waals surface area contributed by atoms with Crippen molar-refractivity contribution in [3.05, 3.63) is 17.5 Å². The van der Waals surface area contributed by atoms with Crippen molar-refractivity contribution in [2.45, 2.75) is 49.4 Å². The highest BCUT2D eigenvalue weighted by Gasteiger charge is 2.25. The Morgan fingerprint density at radius 2 is 2.05 bits per heavy atom. The van der Waals surface area contributed by atoms with Crippen molar-refractivity contribution in [2.24, 2.45) is 5.73 Å². The van der Waals surface area contributed by atoms with Gasteiger partial charge in [-0.05, 0) is 31.2 Å². The topological polar surface area (TPSA) is 101 Å². The number of thiophene rings is 1. The first-order chi connectivity index (χ1) is 9.74. The maximum absolute atomic E-state index is 12.0. The minimum atomic E-state index is -3.65. The molecule has 8 heteroatoms. The van der Waals surface area contributed by atoms with Crippen LogP contribution in [0.2, 0.25) is 0 Å². The predicted molar refractivity (Wildman–Crippen MR) is 84.6 cm³/mol. The number of nitrogens with two attached hydrogens (primary N) is 1. The quantitative estimate of drug-likeness (QED) is 0.662. The molecule has 4 N–H and O–H groups in total. The Labute approximate surface area is 130 Å². The molecule has 1 aromatic heterocycles. The molecule has 0 fully saturated rings. The molecule has 6 nitrogen and oxygen atoms in total. The van der Waals surface area contributed by atoms with Crippen LogP contribution in [-0.2, 0) is 14.8 Å². The SMILES string of the molecule is CCC(N)(CC)CNC(=O)C(C)NS(=O)(=O)c1cccs1. The van der Waals surface area contributed by atoms with Crippen molar-refractivity contribution in [1.82, 2.24) is 10.0 Å². The van der Waals surface area contributed by atoms with Gasteiger partial charge in [-0.1, -0.05) is 19.9 Å². The van der Waals surface area contributed by atoms with Crippen LogP contribution in [0.4, 0.5) is 0 Å². The van der Waals surface area contributed by atoms with E-state index in [-0.39, 0.29) is 10.1 Å². The molecule has 0 saturated heterocycles. The lowest BCUT2D eigenvalue weighted by Crippen LogP contribution is -2.53. The van der Waals surface area contributed by atoms with Gasteiger partial charge in [-0.3, -0.25) is 4.79 Å². The van der Waals surface area contributed by atoms with Gasteiger partial charge in [-0.15, -0.1) is 11.3 Å². The van der Waals surface area contributed by atoms with E-state index in [1.54, 1.807) is 11.4 Å². The van der Waals surface area contributed by atoms with E-state index in [0.29, 0.717) is 6.54 Å². The van der Waals surface area contributed by atoms with E-state index >= 15 is 0 Å². The van der Waals surface area contributed by atoms with E-state index in [0.717, 1.165) is 24.2 Å². The molecule has 0 spiro atoms. The second-order valence-corrected chi connectivity index (χ2v) is 7.95. The van der Waals surface area contributed by atoms with Crippen molar-refractivity contribution < 1.29 is 13.2 Å². The summed E-state index contributed by atoms with van der Waals surface area (Å²) in [5.41, 5.74) is 5.64. The van der Waals surface area contributed by atoms with Gasteiger partial charge in [0.15, 0.2) is 0 Å². The number of amides is 1. The van der Waals surface area contributed by atoms with Crippen LogP contribution in [0.3, 0.4) is 0 Å². The van der Waals surface area contributed by atoms with E-state index in [2.05, 4.69) is 10.0 Å². The molecule has 21 heavy (non-hydrogen) atoms. The largest absolute Gasteiger partial charge is 0.353 e. The third kappa shape index (κ3) is 5.06. The molecule has 1 rings (SSSR count). The number of nitrogens with one attached hydrogen (secondary N) is 2. The minimum absolute atomic E-state index is 0.192. The van der Waals surface area contributed by atoms with E-state index < -0.39 is 21.6 Å². The smallest absolute Gasteiger partial charge is 0.250 e. The summed E-state index contributed by atoms with van der Waals surface area (Å²) < 4.78 is 26.6. The monoisotopic (exact) mass is 333 g/mol. The van der Waals surface area contributed by atoms with E-state index in [4.69, 9.17) is 5.73 Å². The van der Waals surface area contributed by atoms with Gasteiger partial charge in [0.25, 0.3) is 10.0 Å². The van der Waals surface area contributed by atoms with Gasteiger partial charge in [-0.2, -0.15) is 4.72 Å². The molecule has 1 aromatic rings. The van der Waals surface area contributed by atoms with Crippen LogP contribution in [0, 0.1) is 0 Å². The number of rotatable bonds is 8. The maximum Gasteiger partial charge on any atom is 0.250 e. The first kappa shape index (κ1) is 18.1. The Kier molecular flexibility index (Phi) is 6.33. The molecule has 0 saturated carbocycles. The summed E-state index contributed by atoms with van der Waals surface area (Å²) in [6, 6.07) is 2.29. The third-order valence-corrected chi connectivity index (χ3v) is 6.45. The van der Waals surface area contributed by atoms with Crippen LogP contribution in [0.1, 0.15) is 33.6 Å². The fraction of sp³-hybridized carbons (Fsp3) is 0.615. The molecular weight excluding hydrogens is 310 g/mol. The Morgan fingerprint density at radius 1 is 1.43 bits per heavy atom. The fourth-order valence-electron chi connectivity index (χ4n) is 1.68. The molecule has 1 heterocycles. The zero-order valence-corrected chi connectivity index (χ0v) is 14.2. The molecular formula is C13H23N3O3S2. The fourth-order valence-corrected chi connectivity index (χ4v) is 3.89. The van der Waals surface area contributed by atoms with E-state index in [9.17, 15) is 13.2 Å². The summed E-state index contributed by atoms with van der Waals surface area (Å²) in [5, 5.41) is 4.38. The van der Waals surface area contributed by atoms with Crippen LogP contribution < -0.4 is 15.8 Å². The van der Waals surface area contributed by atoms with Crippen LogP contribution in [-0.4, -0.2) is 32.5 Å². The normalized spacial score (nSPS) is 13.9. The molecule has 0 aliphatic carbocycles. The molecule has 1 atom stereocenters. The molecule has 0 aliphatic heterocycles. The molecule has 0 aromatic carbocycles. The summed E-state index contributed by atoms with van der Waals surface area (Å²) >= 11 is 1.11. The Bertz CT molecular complexity index is 551. The highest BCUT2D eigenvalue weighted by atomic mass is 32.2. The standard InChI is InChI=1S/C13H23N3O3S2/c1-4-13(14,5-2)9-15-12(17)10(3)16-21(18,19)11-7-6-8-20-11/h6-8,10,16H,4-5,9,14H2,1-3H3,(H,15,17). The second-order valence-electron chi connectivity index (χ2n) is 5.06. The summed E-state index contributed by atoms with van der Waals surface area (Å²) in [6.07, 6.45) is 1.47. The molecule has 0 bridgehead atoms. The second kappa shape index (κ2) is 7.35. The number of carbonyl (C=O) groups excluding carboxylic acids is 1. The Morgan fingerprint density at radius 3 is 2.52 bits per heavy atom. The van der Waals surface area contributed by atoms with Gasteiger partial charge >= 0.3 is 0 Å². The molecule has 120 valence electrons. The van der Waals surface area contributed by atoms with Gasteiger partial charge in [0.05, 0.1) is 6.04 Å². The van der Waals surface area contributed by atoms with Gasteiger partial charge in [-0.25, -0.2) is 8.42 Å². The zero-order valence-electron chi connectivity index (χ0n) is 12.5. The van der Waals surface area contributed by atoms with Crippen molar-refractivity contribution >= 4 is 27.3 Å². The first-order valence-corrected chi connectivity index (χ1v) is 9.23. The number of carbonyl (C=O) groups is 1. The summed E-state index contributed by atoms with van der Waals surface area (Å²) in [6.45, 7) is 5.75. The summed E-state index contributed by atoms with van der Waals surface area (Å²) in [5.74, 6) is -0.383. The minimum Gasteiger partial charge on any atom is -0.353 e. The number of hydrogen-bond donors (Lipinski definition) is 3. The summed E-state index contributed by atoms with van der Waals surface area (Å²) in [4.78, 5) is 12.0. The van der Waals surface area contributed by atoms with Gasteiger partial charge < -0.3 is 11.1 Å². The van der Waals surface area contributed by atoms with Crippen molar-refractivity contribution in [3.63, 3.8) is 0 Å². The van der Waals surface area contributed by atoms with Crippen molar-refractivity contribution in [2.75, 3.05) is 6.54 Å². The highest BCUT2D eigenvalue weighted by molar-refractivity contribution is 7.91. The lowest BCUT2D eigenvalue weighted by atomic mass is 9.94. The number of sulfonamides is 1. The third-order valence-electron chi connectivity index (χ3n) is 3.51. The van der Waals surface area contributed by atoms with Crippen molar-refractivity contribution in [3.8, 4) is 0 Å². The predicted octanol–water partition coefficient (Wildman–Crippen LogP) is 1.05. The Hall–Kier alpha value is -0.960. The van der Waals surface area contributed by atoms with Gasteiger partial charge in [0, 0.05) is 12.1 Å². The lowest BCUT2D eigenvalue weighted by Gasteiger charge is -2.27. The average molecular weight is 333 g/mol. The molecule has 1 amide bonds. The molecule has 0 aliphatic rings. The average Bonchev–Trinajstić information content (AvgIpc) is 2.99. The van der Waals surface area contributed by atoms with Crippen molar-refractivity contribution in [1.29, 1.82) is 0 Å². The first-order valence-electron chi connectivity index (χ1n) is 6.86. The summed E-state index contributed by atoms with van der Waals surface area (Å²) in [7, 11) is -3.65. The molecule has 1 unspecified atom stereocenters. The van der Waals surface area contributed by atoms with Crippen LogP contribution in [0.5, 0.6) is 0 Å². The van der Waals surface area contributed by atoms with E-state index in [1.807, 2.05) is 13.8 Å². The van der Waals surface area contributed by atoms with Gasteiger partial charge in [0.1, 0.15) is 4.21 Å². The van der Waals surface area contributed by atoms with E-state index in [1.165, 1.54) is 13.0 Å². The van der Waals surface area contributed by atoms with Gasteiger partial charge in [0.2, 0.25) is 5.91 Å². The lowest BCUT2D eigenvalue weighted by molar-refractivity contribution is -0.122. The number of hydrogen-bond acceptors (Lipinski definition) is 5. The zero-order chi connectivity index (χ0) is 16.1.